The number of phenols is 1. The van der Waals surface area contributed by atoms with Gasteiger partial charge in [-0.15, -0.1) is 0 Å². The molecule has 0 saturated carbocycles. The van der Waals surface area contributed by atoms with E-state index in [-0.39, 0.29) is 5.75 Å². The Kier molecular flexibility index (Phi) is 2.12. The summed E-state index contributed by atoms with van der Waals surface area (Å²) in [4.78, 5) is 0. The van der Waals surface area contributed by atoms with E-state index in [2.05, 4.69) is 10.2 Å². The molecule has 1 aromatic carbocycles. The van der Waals surface area contributed by atoms with Crippen LogP contribution in [0.25, 0.3) is 10.6 Å². The summed E-state index contributed by atoms with van der Waals surface area (Å²) in [6.45, 7) is 0. The average Bonchev–Trinajstić information content (AvgIpc) is 2.52. The quantitative estimate of drug-likeness (QED) is 0.711. The van der Waals surface area contributed by atoms with Gasteiger partial charge in [0.15, 0.2) is 3.95 Å². The van der Waals surface area contributed by atoms with Gasteiger partial charge in [-0.1, -0.05) is 23.5 Å². The van der Waals surface area contributed by atoms with E-state index in [1.807, 2.05) is 6.07 Å². The van der Waals surface area contributed by atoms with Crippen molar-refractivity contribution in [3.63, 3.8) is 0 Å². The third-order valence-corrected chi connectivity index (χ3v) is 2.67. The SMILES string of the molecule is Oc1cccc(-c2n[nH]c(=S)s2)c1. The molecule has 13 heavy (non-hydrogen) atoms. The first-order valence-electron chi connectivity index (χ1n) is 3.60. The normalized spacial score (nSPS) is 10.2. The van der Waals surface area contributed by atoms with E-state index in [4.69, 9.17) is 12.2 Å². The molecule has 0 unspecified atom stereocenters. The second-order valence-electron chi connectivity index (χ2n) is 2.47. The van der Waals surface area contributed by atoms with Crippen molar-refractivity contribution in [2.45, 2.75) is 0 Å². The molecular formula is C8H6N2OS2. The van der Waals surface area contributed by atoms with Crippen LogP contribution in [-0.4, -0.2) is 15.3 Å². The number of nitrogens with zero attached hydrogens (tertiary/aromatic N) is 1. The molecule has 0 saturated heterocycles. The number of rotatable bonds is 1. The van der Waals surface area contributed by atoms with Gasteiger partial charge in [0.25, 0.3) is 0 Å². The second kappa shape index (κ2) is 3.27. The Morgan fingerprint density at radius 3 is 2.92 bits per heavy atom. The summed E-state index contributed by atoms with van der Waals surface area (Å²) in [6.07, 6.45) is 0. The molecule has 0 radical (unpaired) electrons. The molecule has 2 rings (SSSR count). The number of H-pyrrole nitrogens is 1. The first kappa shape index (κ1) is 8.40. The van der Waals surface area contributed by atoms with Crippen LogP contribution in [0.2, 0.25) is 0 Å². The van der Waals surface area contributed by atoms with Crippen molar-refractivity contribution in [1.29, 1.82) is 0 Å². The molecule has 1 aromatic heterocycles. The number of phenolic OH excluding ortho intramolecular Hbond substituents is 1. The van der Waals surface area contributed by atoms with Crippen LogP contribution in [0.1, 0.15) is 0 Å². The van der Waals surface area contributed by atoms with Gasteiger partial charge in [-0.2, -0.15) is 5.10 Å². The summed E-state index contributed by atoms with van der Waals surface area (Å²) >= 11 is 6.29. The van der Waals surface area contributed by atoms with Crippen LogP contribution < -0.4 is 0 Å². The fourth-order valence-corrected chi connectivity index (χ4v) is 1.88. The highest BCUT2D eigenvalue weighted by molar-refractivity contribution is 7.73. The first-order valence-corrected chi connectivity index (χ1v) is 4.83. The first-order chi connectivity index (χ1) is 6.25. The molecular weight excluding hydrogens is 204 g/mol. The van der Waals surface area contributed by atoms with Crippen LogP contribution in [0.4, 0.5) is 0 Å². The van der Waals surface area contributed by atoms with Crippen molar-refractivity contribution in [3.8, 4) is 16.3 Å². The number of hydrogen-bond donors (Lipinski definition) is 2. The molecule has 2 aromatic rings. The highest BCUT2D eigenvalue weighted by atomic mass is 32.1. The minimum Gasteiger partial charge on any atom is -0.508 e. The standard InChI is InChI=1S/C8H6N2OS2/c11-6-3-1-2-5(4-6)7-9-10-8(12)13-7/h1-4,11H,(H,10,12). The van der Waals surface area contributed by atoms with Gasteiger partial charge < -0.3 is 5.11 Å². The van der Waals surface area contributed by atoms with Crippen molar-refractivity contribution >= 4 is 23.6 Å². The fourth-order valence-electron chi connectivity index (χ4n) is 0.992. The Hall–Kier alpha value is -1.20. The number of aromatic nitrogens is 2. The van der Waals surface area contributed by atoms with Gasteiger partial charge in [-0.05, 0) is 24.4 Å². The maximum absolute atomic E-state index is 9.22. The van der Waals surface area contributed by atoms with E-state index in [0.29, 0.717) is 3.95 Å². The maximum Gasteiger partial charge on any atom is 0.176 e. The fraction of sp³-hybridized carbons (Fsp3) is 0. The second-order valence-corrected chi connectivity index (χ2v) is 4.13. The Morgan fingerprint density at radius 1 is 1.46 bits per heavy atom. The van der Waals surface area contributed by atoms with E-state index in [0.717, 1.165) is 10.6 Å². The van der Waals surface area contributed by atoms with Gasteiger partial charge in [-0.3, -0.25) is 5.10 Å². The maximum atomic E-state index is 9.22. The van der Waals surface area contributed by atoms with E-state index in [9.17, 15) is 5.11 Å². The average molecular weight is 210 g/mol. The lowest BCUT2D eigenvalue weighted by Crippen LogP contribution is -1.75. The Balaban J connectivity index is 2.52. The molecule has 5 heteroatoms. The van der Waals surface area contributed by atoms with E-state index in [1.165, 1.54) is 11.3 Å². The molecule has 0 amide bonds. The lowest BCUT2D eigenvalue weighted by Gasteiger charge is -1.94. The number of nitrogens with one attached hydrogen (secondary N) is 1. The van der Waals surface area contributed by atoms with Gasteiger partial charge in [0.05, 0.1) is 0 Å². The molecule has 0 aliphatic carbocycles. The number of benzene rings is 1. The van der Waals surface area contributed by atoms with E-state index in [1.54, 1.807) is 18.2 Å². The zero-order valence-corrected chi connectivity index (χ0v) is 8.15. The van der Waals surface area contributed by atoms with Crippen LogP contribution in [0.15, 0.2) is 24.3 Å². The van der Waals surface area contributed by atoms with Gasteiger partial charge in [-0.25, -0.2) is 0 Å². The van der Waals surface area contributed by atoms with Gasteiger partial charge >= 0.3 is 0 Å². The molecule has 0 aliphatic heterocycles. The number of aromatic hydroxyl groups is 1. The highest BCUT2D eigenvalue weighted by Crippen LogP contribution is 2.24. The molecule has 2 N–H and O–H groups in total. The van der Waals surface area contributed by atoms with Crippen LogP contribution in [0.5, 0.6) is 5.75 Å². The third kappa shape index (κ3) is 1.76. The van der Waals surface area contributed by atoms with E-state index >= 15 is 0 Å². The summed E-state index contributed by atoms with van der Waals surface area (Å²) in [6, 6.07) is 6.92. The largest absolute Gasteiger partial charge is 0.508 e. The molecule has 1 heterocycles. The zero-order chi connectivity index (χ0) is 9.26. The Labute approximate surface area is 83.7 Å². The zero-order valence-electron chi connectivity index (χ0n) is 6.52. The van der Waals surface area contributed by atoms with Crippen LogP contribution in [0.3, 0.4) is 0 Å². The smallest absolute Gasteiger partial charge is 0.176 e. The molecule has 0 bridgehead atoms. The predicted octanol–water partition coefficient (Wildman–Crippen LogP) is 2.57. The summed E-state index contributed by atoms with van der Waals surface area (Å²) in [5.41, 5.74) is 0.873. The minimum atomic E-state index is 0.235. The van der Waals surface area contributed by atoms with Crippen molar-refractivity contribution in [2.24, 2.45) is 0 Å². The lowest BCUT2D eigenvalue weighted by atomic mass is 10.2. The Bertz CT molecular complexity index is 475. The molecule has 3 nitrogen and oxygen atoms in total. The number of hydrogen-bond acceptors (Lipinski definition) is 4. The van der Waals surface area contributed by atoms with Crippen LogP contribution in [0, 0.1) is 3.95 Å². The highest BCUT2D eigenvalue weighted by Gasteiger charge is 2.01. The Morgan fingerprint density at radius 2 is 2.31 bits per heavy atom. The lowest BCUT2D eigenvalue weighted by molar-refractivity contribution is 0.475. The summed E-state index contributed by atoms with van der Waals surface area (Å²) in [5.74, 6) is 0.235. The predicted molar refractivity (Wildman–Crippen MR) is 54.4 cm³/mol. The van der Waals surface area contributed by atoms with Crippen molar-refractivity contribution in [1.82, 2.24) is 10.2 Å². The minimum absolute atomic E-state index is 0.235. The summed E-state index contributed by atoms with van der Waals surface area (Å²) < 4.78 is 0.637. The molecule has 66 valence electrons. The summed E-state index contributed by atoms with van der Waals surface area (Å²) in [5, 5.41) is 16.7. The van der Waals surface area contributed by atoms with E-state index < -0.39 is 0 Å². The molecule has 0 fully saturated rings. The third-order valence-electron chi connectivity index (χ3n) is 1.53. The topological polar surface area (TPSA) is 48.9 Å². The van der Waals surface area contributed by atoms with Crippen LogP contribution in [-0.2, 0) is 0 Å². The molecule has 0 spiro atoms. The van der Waals surface area contributed by atoms with Crippen molar-refractivity contribution < 1.29 is 5.11 Å². The van der Waals surface area contributed by atoms with Gasteiger partial charge in [0, 0.05) is 5.56 Å². The van der Waals surface area contributed by atoms with Crippen molar-refractivity contribution in [3.05, 3.63) is 28.2 Å². The monoisotopic (exact) mass is 210 g/mol. The molecule has 0 aliphatic rings. The van der Waals surface area contributed by atoms with Crippen molar-refractivity contribution in [2.75, 3.05) is 0 Å². The van der Waals surface area contributed by atoms with Gasteiger partial charge in [0.2, 0.25) is 0 Å². The number of aromatic amines is 1. The van der Waals surface area contributed by atoms with Crippen LogP contribution >= 0.6 is 23.6 Å². The summed E-state index contributed by atoms with van der Waals surface area (Å²) in [7, 11) is 0. The molecule has 0 atom stereocenters. The van der Waals surface area contributed by atoms with Gasteiger partial charge in [0.1, 0.15) is 10.8 Å².